The van der Waals surface area contributed by atoms with Gasteiger partial charge in [0.15, 0.2) is 0 Å². The van der Waals surface area contributed by atoms with Crippen LogP contribution in [0.3, 0.4) is 0 Å². The number of amides is 1. The molecule has 0 aliphatic heterocycles. The van der Waals surface area contributed by atoms with Gasteiger partial charge in [0.1, 0.15) is 17.1 Å². The molecule has 25 heavy (non-hydrogen) atoms. The SMILES string of the molecule is CC(C)(C)OC(=O)Nc1cc(-c2cc(Cl)ncn2)ccc1C(C)(C)C. The second kappa shape index (κ2) is 7.00. The summed E-state index contributed by atoms with van der Waals surface area (Å²) in [6, 6.07) is 7.51. The number of aromatic nitrogens is 2. The molecular weight excluding hydrogens is 338 g/mol. The topological polar surface area (TPSA) is 64.1 Å². The molecule has 0 unspecified atom stereocenters. The zero-order valence-corrected chi connectivity index (χ0v) is 16.2. The molecule has 0 aliphatic rings. The van der Waals surface area contributed by atoms with Gasteiger partial charge in [-0.3, -0.25) is 5.32 Å². The predicted octanol–water partition coefficient (Wildman–Crippen LogP) is 5.44. The first-order valence-corrected chi connectivity index (χ1v) is 8.46. The van der Waals surface area contributed by atoms with E-state index < -0.39 is 11.7 Å². The lowest BCUT2D eigenvalue weighted by atomic mass is 9.85. The molecule has 0 atom stereocenters. The van der Waals surface area contributed by atoms with Crippen LogP contribution in [0.2, 0.25) is 5.15 Å². The molecule has 0 saturated carbocycles. The van der Waals surface area contributed by atoms with Gasteiger partial charge >= 0.3 is 6.09 Å². The van der Waals surface area contributed by atoms with Gasteiger partial charge in [0.05, 0.1) is 5.69 Å². The van der Waals surface area contributed by atoms with Crippen molar-refractivity contribution in [2.24, 2.45) is 0 Å². The summed E-state index contributed by atoms with van der Waals surface area (Å²) in [7, 11) is 0. The number of hydrogen-bond donors (Lipinski definition) is 1. The van der Waals surface area contributed by atoms with Gasteiger partial charge in [0.2, 0.25) is 0 Å². The number of carbonyl (C=O) groups excluding carboxylic acids is 1. The van der Waals surface area contributed by atoms with Crippen LogP contribution in [0.5, 0.6) is 0 Å². The van der Waals surface area contributed by atoms with E-state index >= 15 is 0 Å². The Morgan fingerprint density at radius 1 is 1.08 bits per heavy atom. The molecule has 134 valence electrons. The summed E-state index contributed by atoms with van der Waals surface area (Å²) in [4.78, 5) is 20.4. The van der Waals surface area contributed by atoms with E-state index in [4.69, 9.17) is 16.3 Å². The van der Waals surface area contributed by atoms with Crippen LogP contribution in [0.4, 0.5) is 10.5 Å². The zero-order chi connectivity index (χ0) is 18.8. The molecule has 1 aromatic heterocycles. The Morgan fingerprint density at radius 2 is 1.76 bits per heavy atom. The average Bonchev–Trinajstić information content (AvgIpc) is 2.43. The standard InChI is InChI=1S/C19H24ClN3O2/c1-18(2,3)13-8-7-12(14-10-16(20)22-11-21-14)9-15(13)23-17(24)25-19(4,5)6/h7-11H,1-6H3,(H,23,24). The van der Waals surface area contributed by atoms with E-state index in [9.17, 15) is 4.79 Å². The molecule has 0 aliphatic carbocycles. The van der Waals surface area contributed by atoms with E-state index in [1.165, 1.54) is 6.33 Å². The van der Waals surface area contributed by atoms with Crippen molar-refractivity contribution >= 4 is 23.4 Å². The van der Waals surface area contributed by atoms with Crippen LogP contribution in [0.15, 0.2) is 30.6 Å². The molecule has 5 nitrogen and oxygen atoms in total. The van der Waals surface area contributed by atoms with Gasteiger partial charge in [0.25, 0.3) is 0 Å². The first-order chi connectivity index (χ1) is 11.5. The summed E-state index contributed by atoms with van der Waals surface area (Å²) < 4.78 is 5.38. The number of ether oxygens (including phenoxy) is 1. The van der Waals surface area contributed by atoms with Gasteiger partial charge in [-0.15, -0.1) is 0 Å². The first-order valence-electron chi connectivity index (χ1n) is 8.08. The van der Waals surface area contributed by atoms with Crippen molar-refractivity contribution in [1.29, 1.82) is 0 Å². The number of benzene rings is 1. The molecule has 2 aromatic rings. The third kappa shape index (κ3) is 5.43. The molecule has 0 bridgehead atoms. The van der Waals surface area contributed by atoms with Crippen LogP contribution >= 0.6 is 11.6 Å². The Bertz CT molecular complexity index is 777. The highest BCUT2D eigenvalue weighted by Crippen LogP contribution is 2.33. The Balaban J connectivity index is 2.43. The second-order valence-corrected chi connectivity index (χ2v) is 8.25. The van der Waals surface area contributed by atoms with Gasteiger partial charge in [-0.1, -0.05) is 44.5 Å². The maximum Gasteiger partial charge on any atom is 0.412 e. The second-order valence-electron chi connectivity index (χ2n) is 7.86. The zero-order valence-electron chi connectivity index (χ0n) is 15.5. The van der Waals surface area contributed by atoms with Crippen LogP contribution in [-0.2, 0) is 10.2 Å². The fraction of sp³-hybridized carbons (Fsp3) is 0.421. The Kier molecular flexibility index (Phi) is 5.37. The Morgan fingerprint density at radius 3 is 2.32 bits per heavy atom. The fourth-order valence-electron chi connectivity index (χ4n) is 2.37. The van der Waals surface area contributed by atoms with Crippen molar-refractivity contribution in [1.82, 2.24) is 9.97 Å². The maximum absolute atomic E-state index is 12.2. The van der Waals surface area contributed by atoms with E-state index in [1.54, 1.807) is 6.07 Å². The number of carbonyl (C=O) groups is 1. The molecule has 0 spiro atoms. The smallest absolute Gasteiger partial charge is 0.412 e. The summed E-state index contributed by atoms with van der Waals surface area (Å²) in [6.45, 7) is 11.8. The van der Waals surface area contributed by atoms with Crippen molar-refractivity contribution < 1.29 is 9.53 Å². The molecule has 1 N–H and O–H groups in total. The number of hydrogen-bond acceptors (Lipinski definition) is 4. The minimum atomic E-state index is -0.566. The number of anilines is 1. The third-order valence-electron chi connectivity index (χ3n) is 3.39. The van der Waals surface area contributed by atoms with Crippen molar-refractivity contribution in [3.8, 4) is 11.3 Å². The van der Waals surface area contributed by atoms with E-state index in [-0.39, 0.29) is 5.41 Å². The lowest BCUT2D eigenvalue weighted by Gasteiger charge is -2.25. The van der Waals surface area contributed by atoms with Crippen molar-refractivity contribution in [2.75, 3.05) is 5.32 Å². The van der Waals surface area contributed by atoms with E-state index in [1.807, 2.05) is 39.0 Å². The molecule has 0 saturated heterocycles. The largest absolute Gasteiger partial charge is 0.444 e. The molecule has 1 amide bonds. The molecule has 2 rings (SSSR count). The van der Waals surface area contributed by atoms with Crippen molar-refractivity contribution in [2.45, 2.75) is 52.6 Å². The third-order valence-corrected chi connectivity index (χ3v) is 3.60. The maximum atomic E-state index is 12.2. The lowest BCUT2D eigenvalue weighted by Crippen LogP contribution is -2.28. The summed E-state index contributed by atoms with van der Waals surface area (Å²) in [5, 5.41) is 3.23. The van der Waals surface area contributed by atoms with Crippen LogP contribution in [0.25, 0.3) is 11.3 Å². The summed E-state index contributed by atoms with van der Waals surface area (Å²) in [5.41, 5.74) is 2.50. The van der Waals surface area contributed by atoms with Crippen molar-refractivity contribution in [3.63, 3.8) is 0 Å². The van der Waals surface area contributed by atoms with Crippen LogP contribution in [0, 0.1) is 0 Å². The molecule has 1 aromatic carbocycles. The van der Waals surface area contributed by atoms with E-state index in [0.29, 0.717) is 16.5 Å². The van der Waals surface area contributed by atoms with Gasteiger partial charge in [-0.05, 0) is 37.8 Å². The number of rotatable bonds is 2. The molecular formula is C19H24ClN3O2. The number of halogens is 1. The monoisotopic (exact) mass is 361 g/mol. The van der Waals surface area contributed by atoms with Gasteiger partial charge in [-0.2, -0.15) is 0 Å². The van der Waals surface area contributed by atoms with Crippen LogP contribution in [0.1, 0.15) is 47.1 Å². The fourth-order valence-corrected chi connectivity index (χ4v) is 2.51. The number of nitrogens with zero attached hydrogens (tertiary/aromatic N) is 2. The Labute approximate surface area is 153 Å². The molecule has 0 radical (unpaired) electrons. The normalized spacial score (nSPS) is 12.0. The summed E-state index contributed by atoms with van der Waals surface area (Å²) in [5.74, 6) is 0. The van der Waals surface area contributed by atoms with E-state index in [2.05, 4.69) is 36.1 Å². The lowest BCUT2D eigenvalue weighted by molar-refractivity contribution is 0.0635. The van der Waals surface area contributed by atoms with Gasteiger partial charge < -0.3 is 4.74 Å². The molecule has 1 heterocycles. The summed E-state index contributed by atoms with van der Waals surface area (Å²) in [6.07, 6.45) is 0.923. The number of nitrogens with one attached hydrogen (secondary N) is 1. The highest BCUT2D eigenvalue weighted by atomic mass is 35.5. The van der Waals surface area contributed by atoms with Gasteiger partial charge in [0, 0.05) is 17.3 Å². The molecule has 0 fully saturated rings. The minimum absolute atomic E-state index is 0.147. The van der Waals surface area contributed by atoms with Crippen molar-refractivity contribution in [3.05, 3.63) is 41.3 Å². The average molecular weight is 362 g/mol. The Hall–Kier alpha value is -2.14. The van der Waals surface area contributed by atoms with Gasteiger partial charge in [-0.25, -0.2) is 14.8 Å². The predicted molar refractivity (Wildman–Crippen MR) is 101 cm³/mol. The van der Waals surface area contributed by atoms with Crippen LogP contribution in [-0.4, -0.2) is 21.7 Å². The molecule has 6 heteroatoms. The quantitative estimate of drug-likeness (QED) is 0.723. The van der Waals surface area contributed by atoms with Crippen LogP contribution < -0.4 is 5.32 Å². The minimum Gasteiger partial charge on any atom is -0.444 e. The highest BCUT2D eigenvalue weighted by molar-refractivity contribution is 6.29. The summed E-state index contributed by atoms with van der Waals surface area (Å²) >= 11 is 5.95. The highest BCUT2D eigenvalue weighted by Gasteiger charge is 2.22. The first kappa shape index (κ1) is 19.2. The van der Waals surface area contributed by atoms with E-state index in [0.717, 1.165) is 11.1 Å².